The van der Waals surface area contributed by atoms with Crippen molar-refractivity contribution in [3.63, 3.8) is 0 Å². The first-order valence-electron chi connectivity index (χ1n) is 7.40. The van der Waals surface area contributed by atoms with Crippen LogP contribution in [0.4, 0.5) is 13.2 Å². The zero-order valence-corrected chi connectivity index (χ0v) is 13.3. The lowest BCUT2D eigenvalue weighted by molar-refractivity contribution is -0.137. The Hall–Kier alpha value is -2.84. The molecule has 1 amide bonds. The van der Waals surface area contributed by atoms with E-state index in [1.807, 2.05) is 0 Å². The monoisotopic (exact) mass is 355 g/mol. The number of carbonyl (C=O) groups is 1. The van der Waals surface area contributed by atoms with Gasteiger partial charge >= 0.3 is 6.18 Å². The van der Waals surface area contributed by atoms with Crippen LogP contribution in [0.5, 0.6) is 5.75 Å². The van der Waals surface area contributed by atoms with E-state index in [-0.39, 0.29) is 18.9 Å². The number of benzene rings is 1. The van der Waals surface area contributed by atoms with Gasteiger partial charge in [-0.3, -0.25) is 9.59 Å². The molecule has 0 radical (unpaired) electrons. The van der Waals surface area contributed by atoms with E-state index in [2.05, 4.69) is 10.4 Å². The van der Waals surface area contributed by atoms with E-state index in [0.717, 1.165) is 16.8 Å². The van der Waals surface area contributed by atoms with Gasteiger partial charge in [-0.2, -0.15) is 18.3 Å². The highest BCUT2D eigenvalue weighted by Crippen LogP contribution is 2.31. The Bertz CT molecular complexity index is 790. The van der Waals surface area contributed by atoms with Crippen LogP contribution in [0.1, 0.15) is 18.5 Å². The molecule has 1 heterocycles. The Kier molecular flexibility index (Phi) is 5.79. The van der Waals surface area contributed by atoms with E-state index in [4.69, 9.17) is 4.74 Å². The third kappa shape index (κ3) is 5.07. The number of hydrogen-bond donors (Lipinski definition) is 1. The highest BCUT2D eigenvalue weighted by molar-refractivity contribution is 5.79. The van der Waals surface area contributed by atoms with Crippen molar-refractivity contribution in [2.45, 2.75) is 19.1 Å². The van der Waals surface area contributed by atoms with Crippen molar-refractivity contribution in [1.29, 1.82) is 0 Å². The summed E-state index contributed by atoms with van der Waals surface area (Å²) < 4.78 is 44.0. The normalized spacial score (nSPS) is 12.5. The Morgan fingerprint density at radius 1 is 1.32 bits per heavy atom. The molecule has 0 aliphatic rings. The lowest BCUT2D eigenvalue weighted by Crippen LogP contribution is -2.38. The molecule has 1 aromatic carbocycles. The fourth-order valence-electron chi connectivity index (χ4n) is 2.02. The molecule has 9 heteroatoms. The van der Waals surface area contributed by atoms with Crippen LogP contribution >= 0.6 is 0 Å². The molecule has 1 unspecified atom stereocenters. The van der Waals surface area contributed by atoms with E-state index in [9.17, 15) is 22.8 Å². The molecule has 0 spiro atoms. The van der Waals surface area contributed by atoms with E-state index in [1.54, 1.807) is 0 Å². The fourth-order valence-corrected chi connectivity index (χ4v) is 2.02. The first-order valence-corrected chi connectivity index (χ1v) is 7.40. The number of ether oxygens (including phenoxy) is 1. The van der Waals surface area contributed by atoms with Crippen molar-refractivity contribution in [2.75, 3.05) is 13.2 Å². The zero-order chi connectivity index (χ0) is 18.4. The first-order chi connectivity index (χ1) is 11.8. The maximum atomic E-state index is 12.6. The second-order valence-electron chi connectivity index (χ2n) is 5.15. The topological polar surface area (TPSA) is 73.2 Å². The third-order valence-corrected chi connectivity index (χ3v) is 3.32. The minimum atomic E-state index is -4.45. The molecular weight excluding hydrogens is 339 g/mol. The van der Waals surface area contributed by atoms with Gasteiger partial charge in [-0.25, -0.2) is 4.68 Å². The number of carbonyl (C=O) groups excluding carboxylic acids is 1. The first kappa shape index (κ1) is 18.5. The average Bonchev–Trinajstić information content (AvgIpc) is 2.58. The molecule has 1 N–H and O–H groups in total. The van der Waals surface area contributed by atoms with Crippen LogP contribution in [0, 0.1) is 0 Å². The van der Waals surface area contributed by atoms with Gasteiger partial charge in [0.05, 0.1) is 12.1 Å². The number of nitrogens with one attached hydrogen (secondary N) is 1. The minimum absolute atomic E-state index is 0.0170. The maximum absolute atomic E-state index is 12.6. The average molecular weight is 355 g/mol. The number of amides is 1. The van der Waals surface area contributed by atoms with Crippen LogP contribution in [0.2, 0.25) is 0 Å². The van der Waals surface area contributed by atoms with E-state index >= 15 is 0 Å². The molecule has 0 aliphatic heterocycles. The second kappa shape index (κ2) is 7.82. The summed E-state index contributed by atoms with van der Waals surface area (Å²) in [5.74, 6) is -0.397. The fraction of sp³-hybridized carbons (Fsp3) is 0.312. The molecule has 6 nitrogen and oxygen atoms in total. The SMILES string of the molecule is CC(C(=O)NCCOc1cccc(C(F)(F)F)c1)n1ncccc1=O. The van der Waals surface area contributed by atoms with Crippen molar-refractivity contribution in [3.05, 3.63) is 58.5 Å². The highest BCUT2D eigenvalue weighted by Gasteiger charge is 2.30. The maximum Gasteiger partial charge on any atom is 0.416 e. The van der Waals surface area contributed by atoms with Gasteiger partial charge in [-0.15, -0.1) is 0 Å². The molecule has 2 aromatic rings. The number of hydrogen-bond acceptors (Lipinski definition) is 4. The van der Waals surface area contributed by atoms with Crippen LogP contribution in [0.25, 0.3) is 0 Å². The molecule has 2 rings (SSSR count). The van der Waals surface area contributed by atoms with Crippen LogP contribution in [0.3, 0.4) is 0 Å². The van der Waals surface area contributed by atoms with Gasteiger partial charge in [-0.1, -0.05) is 6.07 Å². The lowest BCUT2D eigenvalue weighted by atomic mass is 10.2. The molecule has 0 bridgehead atoms. The molecular formula is C16H16F3N3O3. The van der Waals surface area contributed by atoms with Gasteiger partial charge < -0.3 is 10.1 Å². The Morgan fingerprint density at radius 2 is 2.08 bits per heavy atom. The predicted octanol–water partition coefficient (Wildman–Crippen LogP) is 2.02. The molecule has 134 valence electrons. The summed E-state index contributed by atoms with van der Waals surface area (Å²) in [4.78, 5) is 23.6. The molecule has 0 saturated carbocycles. The van der Waals surface area contributed by atoms with Crippen LogP contribution in [-0.4, -0.2) is 28.8 Å². The number of aromatic nitrogens is 2. The van der Waals surface area contributed by atoms with Gasteiger partial charge in [0.25, 0.3) is 5.56 Å². The Labute approximate surface area is 141 Å². The van der Waals surface area contributed by atoms with Gasteiger partial charge in [0.2, 0.25) is 5.91 Å². The Morgan fingerprint density at radius 3 is 2.76 bits per heavy atom. The minimum Gasteiger partial charge on any atom is -0.492 e. The molecule has 25 heavy (non-hydrogen) atoms. The summed E-state index contributed by atoms with van der Waals surface area (Å²) in [7, 11) is 0. The van der Waals surface area contributed by atoms with E-state index in [0.29, 0.717) is 0 Å². The summed E-state index contributed by atoms with van der Waals surface area (Å²) in [5, 5.41) is 6.35. The van der Waals surface area contributed by atoms with Gasteiger partial charge in [-0.05, 0) is 31.2 Å². The number of halogens is 3. The molecule has 0 aliphatic carbocycles. The summed E-state index contributed by atoms with van der Waals surface area (Å²) in [5.41, 5.74) is -1.22. The molecule has 0 fully saturated rings. The summed E-state index contributed by atoms with van der Waals surface area (Å²) >= 11 is 0. The van der Waals surface area contributed by atoms with Gasteiger partial charge in [0.1, 0.15) is 18.4 Å². The second-order valence-corrected chi connectivity index (χ2v) is 5.15. The molecule has 1 atom stereocenters. The van der Waals surface area contributed by atoms with Gasteiger partial charge in [0.15, 0.2) is 0 Å². The van der Waals surface area contributed by atoms with Crippen molar-refractivity contribution >= 4 is 5.91 Å². The quantitative estimate of drug-likeness (QED) is 0.805. The number of alkyl halides is 3. The van der Waals surface area contributed by atoms with Crippen molar-refractivity contribution in [2.24, 2.45) is 0 Å². The summed E-state index contributed by atoms with van der Waals surface area (Å²) in [6, 6.07) is 6.40. The lowest BCUT2D eigenvalue weighted by Gasteiger charge is -2.14. The van der Waals surface area contributed by atoms with Gasteiger partial charge in [0, 0.05) is 12.3 Å². The zero-order valence-electron chi connectivity index (χ0n) is 13.3. The number of rotatable bonds is 6. The highest BCUT2D eigenvalue weighted by atomic mass is 19.4. The van der Waals surface area contributed by atoms with Crippen molar-refractivity contribution < 1.29 is 22.7 Å². The molecule has 1 aromatic heterocycles. The van der Waals surface area contributed by atoms with Crippen LogP contribution in [0.15, 0.2) is 47.4 Å². The molecule has 0 saturated heterocycles. The number of nitrogens with zero attached hydrogens (tertiary/aromatic N) is 2. The van der Waals surface area contributed by atoms with Crippen LogP contribution in [-0.2, 0) is 11.0 Å². The van der Waals surface area contributed by atoms with E-state index < -0.39 is 29.2 Å². The van der Waals surface area contributed by atoms with Crippen molar-refractivity contribution in [1.82, 2.24) is 15.1 Å². The third-order valence-electron chi connectivity index (χ3n) is 3.32. The van der Waals surface area contributed by atoms with E-state index in [1.165, 1.54) is 37.4 Å². The standard InChI is InChI=1S/C16H16F3N3O3/c1-11(22-14(23)6-3-7-21-22)15(24)20-8-9-25-13-5-2-4-12(10-13)16(17,18)19/h2-7,10-11H,8-9H2,1H3,(H,20,24). The Balaban J connectivity index is 1.84. The largest absolute Gasteiger partial charge is 0.492 e. The smallest absolute Gasteiger partial charge is 0.416 e. The predicted molar refractivity (Wildman–Crippen MR) is 83.2 cm³/mol. The van der Waals surface area contributed by atoms with Crippen molar-refractivity contribution in [3.8, 4) is 5.75 Å². The summed E-state index contributed by atoms with van der Waals surface area (Å²) in [6.45, 7) is 1.56. The summed E-state index contributed by atoms with van der Waals surface area (Å²) in [6.07, 6.45) is -3.05. The van der Waals surface area contributed by atoms with Crippen LogP contribution < -0.4 is 15.6 Å².